The fraction of sp³-hybridized carbons (Fsp3) is 0.444. The number of hydrogen-bond donors (Lipinski definition) is 0. The molecule has 6 heteroatoms. The van der Waals surface area contributed by atoms with Crippen LogP contribution in [0, 0.1) is 0 Å². The Bertz CT molecular complexity index is 891. The molecule has 4 aromatic rings. The Morgan fingerprint density at radius 1 is 0.405 bits per heavy atom. The molecule has 0 saturated heterocycles. The van der Waals surface area contributed by atoms with E-state index in [0.717, 1.165) is 0 Å². The molecule has 4 aromatic carbocycles. The maximum absolute atomic E-state index is 2.36. The van der Waals surface area contributed by atoms with Gasteiger partial charge in [-0.2, -0.15) is 60.7 Å². The fourth-order valence-corrected chi connectivity index (χ4v) is 13.3. The Balaban J connectivity index is -0.000000241. The van der Waals surface area contributed by atoms with Gasteiger partial charge in [-0.3, -0.25) is 0 Å². The van der Waals surface area contributed by atoms with E-state index >= 15 is 0 Å². The van der Waals surface area contributed by atoms with Crippen LogP contribution in [-0.4, -0.2) is 20.6 Å². The fourth-order valence-electron chi connectivity index (χ4n) is 5.23. The molecule has 0 amide bonds. The molecule has 0 unspecified atom stereocenters. The van der Waals surface area contributed by atoms with Crippen LogP contribution in [0.2, 0.25) is 0 Å². The molecular formula is C36H56Cl2Fe2P2. The van der Waals surface area contributed by atoms with Crippen molar-refractivity contribution in [1.29, 1.82) is 0 Å². The van der Waals surface area contributed by atoms with E-state index in [-0.39, 0.29) is 74.8 Å². The Hall–Kier alpha value is -0.121. The predicted octanol–water partition coefficient (Wildman–Crippen LogP) is 11.9. The molecule has 240 valence electrons. The van der Waals surface area contributed by atoms with Crippen LogP contribution in [0.3, 0.4) is 0 Å². The molecule has 0 radical (unpaired) electrons. The van der Waals surface area contributed by atoms with E-state index in [1.165, 1.54) is 0 Å². The molecule has 0 bridgehead atoms. The molecule has 42 heavy (non-hydrogen) atoms. The van der Waals surface area contributed by atoms with E-state index in [4.69, 9.17) is 0 Å². The molecule has 0 heterocycles. The normalized spacial score (nSPS) is 11.0. The van der Waals surface area contributed by atoms with E-state index < -0.39 is 0 Å². The smallest absolute Gasteiger partial charge is 0.214 e. The molecule has 0 N–H and O–H groups in total. The first-order chi connectivity index (χ1) is 17.5. The number of hydrogen-bond acceptors (Lipinski definition) is 0. The first-order valence-corrected chi connectivity index (χ1v) is 16.5. The van der Waals surface area contributed by atoms with Crippen molar-refractivity contribution < 1.29 is 34.1 Å². The van der Waals surface area contributed by atoms with Crippen molar-refractivity contribution in [1.82, 2.24) is 0 Å². The monoisotopic (exact) mass is 732 g/mol. The second-order valence-corrected chi connectivity index (χ2v) is 21.3. The van der Waals surface area contributed by atoms with Gasteiger partial charge in [-0.25, -0.2) is 48.5 Å². The zero-order valence-electron chi connectivity index (χ0n) is 27.8. The number of halogens is 2. The third kappa shape index (κ3) is 19.3. The van der Waals surface area contributed by atoms with Crippen LogP contribution in [0.15, 0.2) is 109 Å². The summed E-state index contributed by atoms with van der Waals surface area (Å²) in [6.45, 7) is 28.3. The molecule has 0 saturated carbocycles. The molecule has 0 spiro atoms. The van der Waals surface area contributed by atoms with Gasteiger partial charge in [0.15, 0.2) is 0 Å². The molecule has 0 aliphatic rings. The van der Waals surface area contributed by atoms with Crippen LogP contribution >= 0.6 is 40.7 Å². The molecule has 4 rings (SSSR count). The first kappa shape index (κ1) is 48.8. The van der Waals surface area contributed by atoms with Crippen LogP contribution in [-0.2, 0) is 34.1 Å². The molecule has 0 aromatic heterocycles. The predicted molar refractivity (Wildman–Crippen MR) is 195 cm³/mol. The van der Waals surface area contributed by atoms with E-state index in [0.29, 0.717) is 20.6 Å². The maximum Gasteiger partial charge on any atom is 2.00 e. The van der Waals surface area contributed by atoms with Crippen LogP contribution < -0.4 is 10.6 Å². The van der Waals surface area contributed by atoms with Crippen LogP contribution in [0.5, 0.6) is 0 Å². The third-order valence-electron chi connectivity index (χ3n) is 5.60. The van der Waals surface area contributed by atoms with E-state index in [2.05, 4.69) is 132 Å². The minimum absolute atomic E-state index is 0. The first-order valence-electron chi connectivity index (χ1n) is 13.8. The summed E-state index contributed by atoms with van der Waals surface area (Å²) in [6.07, 6.45) is 0. The Kier molecular flexibility index (Phi) is 26.0. The van der Waals surface area contributed by atoms with Crippen molar-refractivity contribution in [3.8, 4) is 0 Å². The van der Waals surface area contributed by atoms with Crippen molar-refractivity contribution in [2.45, 2.75) is 104 Å². The quantitative estimate of drug-likeness (QED) is 0.109. The minimum atomic E-state index is -0.101. The van der Waals surface area contributed by atoms with Crippen LogP contribution in [0.25, 0.3) is 0 Å². The Labute approximate surface area is 296 Å². The van der Waals surface area contributed by atoms with Gasteiger partial charge in [-0.15, -0.1) is 35.4 Å². The molecule has 0 nitrogen and oxygen atoms in total. The van der Waals surface area contributed by atoms with Gasteiger partial charge in [0.25, 0.3) is 0 Å². The Morgan fingerprint density at radius 2 is 0.643 bits per heavy atom. The van der Waals surface area contributed by atoms with Crippen molar-refractivity contribution in [3.05, 3.63) is 109 Å². The maximum atomic E-state index is 2.36. The topological polar surface area (TPSA) is 0 Å². The summed E-state index contributed by atoms with van der Waals surface area (Å²) >= 11 is 0. The van der Waals surface area contributed by atoms with Gasteiger partial charge in [-0.1, -0.05) is 98.9 Å². The summed E-state index contributed by atoms with van der Waals surface area (Å²) in [5.41, 5.74) is 0. The van der Waals surface area contributed by atoms with E-state index in [9.17, 15) is 0 Å². The molecule has 0 fully saturated rings. The molecule has 0 aliphatic heterocycles. The average molecular weight is 733 g/mol. The zero-order valence-corrected chi connectivity index (χ0v) is 33.4. The summed E-state index contributed by atoms with van der Waals surface area (Å²) < 4.78 is 0. The van der Waals surface area contributed by atoms with Gasteiger partial charge in [0.2, 0.25) is 0 Å². The number of rotatable bonds is 2. The molecule has 0 atom stereocenters. The summed E-state index contributed by atoms with van der Waals surface area (Å²) in [7, 11) is -0.202. The van der Waals surface area contributed by atoms with Gasteiger partial charge in [0.1, 0.15) is 0 Å². The standard InChI is InChI=1S/2C13H22P.2C5H5.2ClH.2Fe/c2*1-12(2,3)14(13(4,5)6)11-9-7-8-10-11;2*1-2-4-5-3-1;;;;/h2*7-10H,1-6H3;2*1-5H;2*1H;;/q4*-1;;;2*+2. The van der Waals surface area contributed by atoms with Crippen molar-refractivity contribution in [3.63, 3.8) is 0 Å². The van der Waals surface area contributed by atoms with Gasteiger partial charge in [-0.05, 0) is 20.6 Å². The molecular weight excluding hydrogens is 677 g/mol. The SMILES string of the molecule is CC(C)(C)P(c1ccc[cH-]1)C(C)(C)C.CC(C)(C)P(c1ccc[cH-]1)C(C)(C)C.Cl.Cl.[Fe+2].[Fe+2].c1cc[cH-]c1.c1cc[cH-]c1. The van der Waals surface area contributed by atoms with Gasteiger partial charge in [0, 0.05) is 0 Å². The Morgan fingerprint density at radius 3 is 0.762 bits per heavy atom. The summed E-state index contributed by atoms with van der Waals surface area (Å²) in [5, 5.41) is 4.65. The summed E-state index contributed by atoms with van der Waals surface area (Å²) in [6, 6.07) is 37.7. The van der Waals surface area contributed by atoms with Crippen molar-refractivity contribution in [2.75, 3.05) is 0 Å². The van der Waals surface area contributed by atoms with Crippen LogP contribution in [0.1, 0.15) is 83.1 Å². The zero-order chi connectivity index (χ0) is 29.0. The second-order valence-electron chi connectivity index (χ2n) is 13.6. The van der Waals surface area contributed by atoms with Gasteiger partial charge in [0.05, 0.1) is 0 Å². The summed E-state index contributed by atoms with van der Waals surface area (Å²) in [5.74, 6) is 0. The van der Waals surface area contributed by atoms with E-state index in [1.54, 1.807) is 10.6 Å². The summed E-state index contributed by atoms with van der Waals surface area (Å²) in [4.78, 5) is 0. The largest absolute Gasteiger partial charge is 2.00 e. The molecule has 0 aliphatic carbocycles. The van der Waals surface area contributed by atoms with Crippen LogP contribution in [0.4, 0.5) is 0 Å². The van der Waals surface area contributed by atoms with Crippen molar-refractivity contribution >= 4 is 51.3 Å². The van der Waals surface area contributed by atoms with Gasteiger partial charge >= 0.3 is 34.1 Å². The average Bonchev–Trinajstić information content (AvgIpc) is 3.55. The second kappa shape index (κ2) is 22.4. The van der Waals surface area contributed by atoms with Gasteiger partial charge < -0.3 is 0 Å². The van der Waals surface area contributed by atoms with Crippen molar-refractivity contribution in [2.24, 2.45) is 0 Å². The third-order valence-corrected chi connectivity index (χ3v) is 12.6. The minimum Gasteiger partial charge on any atom is -0.214 e. The van der Waals surface area contributed by atoms with E-state index in [1.807, 2.05) is 60.7 Å².